The first-order chi connectivity index (χ1) is 25.3. The van der Waals surface area contributed by atoms with Gasteiger partial charge in [-0.1, -0.05) is 45.9 Å². The lowest BCUT2D eigenvalue weighted by Crippen LogP contribution is -2.46. The van der Waals surface area contributed by atoms with Crippen molar-refractivity contribution in [2.75, 3.05) is 19.5 Å². The Bertz CT molecular complexity index is 1920. The van der Waals surface area contributed by atoms with E-state index in [1.165, 1.54) is 60.3 Å². The van der Waals surface area contributed by atoms with E-state index in [1.807, 2.05) is 0 Å². The summed E-state index contributed by atoms with van der Waals surface area (Å²) in [6, 6.07) is 0. The number of fused-ring (bicyclic) bond motifs is 14. The monoisotopic (exact) mass is 753 g/mol. The SMILES string of the molecule is CNN=Cc1c2c(O)c3c(O)c(C)c4c(c3c1O)C(=O)[C@@](C)(OC=C[C@H](OC)[C@H](C)[C@H](OC(C)=O)[C@H](C)[C@H](O)[C@H](C)[C@H](O)[C@@H](C)C=CC=C(C)C(=O)N2)O4. The van der Waals surface area contributed by atoms with Crippen LogP contribution in [-0.4, -0.2) is 93.8 Å². The molecule has 3 heterocycles. The number of hydrogen-bond acceptors (Lipinski definition) is 14. The lowest BCUT2D eigenvalue weighted by molar-refractivity contribution is -0.160. The molecule has 9 atom stereocenters. The number of hydrazone groups is 1. The van der Waals surface area contributed by atoms with Crippen LogP contribution in [0, 0.1) is 30.6 Å². The molecule has 0 saturated heterocycles. The lowest BCUT2D eigenvalue weighted by Gasteiger charge is -2.38. The first-order valence-corrected chi connectivity index (χ1v) is 17.6. The summed E-state index contributed by atoms with van der Waals surface area (Å²) >= 11 is 0. The third kappa shape index (κ3) is 7.74. The minimum absolute atomic E-state index is 0.0446. The van der Waals surface area contributed by atoms with Gasteiger partial charge in [0.05, 0.1) is 53.0 Å². The van der Waals surface area contributed by atoms with E-state index < -0.39 is 88.8 Å². The fourth-order valence-electron chi connectivity index (χ4n) is 7.00. The number of aliphatic hydroxyl groups excluding tert-OH is 2. The number of Topliss-reactive ketones (excluding diaryl/α,β-unsaturated/α-hetero) is 1. The number of aromatic hydroxyl groups is 3. The first-order valence-electron chi connectivity index (χ1n) is 17.6. The summed E-state index contributed by atoms with van der Waals surface area (Å²) in [6.07, 6.45) is 4.62. The van der Waals surface area contributed by atoms with Crippen LogP contribution >= 0.6 is 0 Å². The Hall–Kier alpha value is -5.12. The van der Waals surface area contributed by atoms with Gasteiger partial charge in [-0.2, -0.15) is 5.10 Å². The second-order valence-corrected chi connectivity index (χ2v) is 14.1. The number of nitrogens with one attached hydrogen (secondary N) is 2. The van der Waals surface area contributed by atoms with Crippen LogP contribution in [0.4, 0.5) is 5.69 Å². The number of phenols is 3. The summed E-state index contributed by atoms with van der Waals surface area (Å²) in [5, 5.41) is 63.4. The Morgan fingerprint density at radius 3 is 2.26 bits per heavy atom. The molecule has 3 aliphatic heterocycles. The molecule has 0 spiro atoms. The molecule has 5 bridgehead atoms. The molecular formula is C39H51N3O12. The molecule has 0 radical (unpaired) electrons. The van der Waals surface area contributed by atoms with Crippen molar-refractivity contribution in [1.29, 1.82) is 0 Å². The zero-order chi connectivity index (χ0) is 40.4. The Labute approximate surface area is 313 Å². The van der Waals surface area contributed by atoms with Crippen LogP contribution in [0.2, 0.25) is 0 Å². The maximum absolute atomic E-state index is 14.2. The number of allylic oxidation sites excluding steroid dienone is 2. The number of benzene rings is 2. The number of nitrogens with zero attached hydrogens (tertiary/aromatic N) is 1. The van der Waals surface area contributed by atoms with Crippen molar-refractivity contribution >= 4 is 40.3 Å². The van der Waals surface area contributed by atoms with Gasteiger partial charge < -0.3 is 55.2 Å². The number of esters is 1. The molecule has 54 heavy (non-hydrogen) atoms. The Balaban J connectivity index is 1.96. The van der Waals surface area contributed by atoms with Gasteiger partial charge in [0.25, 0.3) is 11.7 Å². The molecular weight excluding hydrogens is 702 g/mol. The molecule has 2 aromatic carbocycles. The predicted molar refractivity (Wildman–Crippen MR) is 200 cm³/mol. The van der Waals surface area contributed by atoms with Crippen molar-refractivity contribution in [2.45, 2.75) is 85.6 Å². The third-order valence-electron chi connectivity index (χ3n) is 10.4. The summed E-state index contributed by atoms with van der Waals surface area (Å²) < 4.78 is 23.4. The maximum atomic E-state index is 14.2. The largest absolute Gasteiger partial charge is 0.507 e. The quantitative estimate of drug-likeness (QED) is 0.0761. The van der Waals surface area contributed by atoms with Crippen LogP contribution in [0.1, 0.15) is 70.0 Å². The van der Waals surface area contributed by atoms with Crippen molar-refractivity contribution in [2.24, 2.45) is 28.8 Å². The number of hydrogen-bond donors (Lipinski definition) is 7. The van der Waals surface area contributed by atoms with E-state index in [1.54, 1.807) is 39.8 Å². The van der Waals surface area contributed by atoms with Crippen molar-refractivity contribution in [3.05, 3.63) is 52.8 Å². The number of ether oxygens (including phenoxy) is 4. The zero-order valence-corrected chi connectivity index (χ0v) is 32.1. The molecule has 5 rings (SSSR count). The van der Waals surface area contributed by atoms with E-state index in [0.717, 1.165) is 6.21 Å². The van der Waals surface area contributed by atoms with Crippen LogP contribution in [0.5, 0.6) is 23.0 Å². The van der Waals surface area contributed by atoms with Crippen LogP contribution < -0.4 is 15.5 Å². The third-order valence-corrected chi connectivity index (χ3v) is 10.4. The minimum Gasteiger partial charge on any atom is -0.507 e. The number of aliphatic hydroxyl groups is 2. The Kier molecular flexibility index (Phi) is 12.7. The van der Waals surface area contributed by atoms with Gasteiger partial charge in [0.2, 0.25) is 0 Å². The van der Waals surface area contributed by atoms with Gasteiger partial charge in [-0.25, -0.2) is 0 Å². The summed E-state index contributed by atoms with van der Waals surface area (Å²) in [5.74, 6) is -8.46. The molecule has 15 nitrogen and oxygen atoms in total. The number of ketones is 1. The van der Waals surface area contributed by atoms with E-state index in [2.05, 4.69) is 15.8 Å². The molecule has 1 amide bonds. The number of anilines is 1. The van der Waals surface area contributed by atoms with Gasteiger partial charge >= 0.3 is 11.8 Å². The number of rotatable bonds is 4. The Morgan fingerprint density at radius 2 is 1.65 bits per heavy atom. The van der Waals surface area contributed by atoms with Crippen LogP contribution in [0.25, 0.3) is 10.8 Å². The van der Waals surface area contributed by atoms with E-state index >= 15 is 0 Å². The van der Waals surface area contributed by atoms with Gasteiger partial charge in [-0.3, -0.25) is 14.4 Å². The smallest absolute Gasteiger partial charge is 0.312 e. The van der Waals surface area contributed by atoms with Crippen LogP contribution in [-0.2, 0) is 23.8 Å². The number of methoxy groups -OCH3 is 1. The highest BCUT2D eigenvalue weighted by Gasteiger charge is 2.50. The highest BCUT2D eigenvalue weighted by atomic mass is 16.7. The lowest BCUT2D eigenvalue weighted by atomic mass is 9.78. The summed E-state index contributed by atoms with van der Waals surface area (Å²) in [7, 11) is 2.91. The van der Waals surface area contributed by atoms with Crippen molar-refractivity contribution < 1.29 is 58.9 Å². The van der Waals surface area contributed by atoms with Gasteiger partial charge in [-0.15, -0.1) is 0 Å². The predicted octanol–water partition coefficient (Wildman–Crippen LogP) is 4.31. The molecule has 0 saturated carbocycles. The van der Waals surface area contributed by atoms with Crippen molar-refractivity contribution in [1.82, 2.24) is 5.43 Å². The van der Waals surface area contributed by atoms with Crippen LogP contribution in [0.3, 0.4) is 0 Å². The highest BCUT2D eigenvalue weighted by Crippen LogP contribution is 2.55. The average Bonchev–Trinajstić information content (AvgIpc) is 3.39. The van der Waals surface area contributed by atoms with E-state index in [0.29, 0.717) is 0 Å². The average molecular weight is 754 g/mol. The molecule has 0 unspecified atom stereocenters. The van der Waals surface area contributed by atoms with E-state index in [9.17, 15) is 39.9 Å². The standard InChI is InChI=1S/C39H51N3O12/c1-17-12-11-13-18(2)38(50)42-29-24(16-41-40-9)33(47)26-27(34(29)48)32(46)22(6)36-28(26)37(49)39(8,54-36)52-15-14-25(51-10)19(3)35(53-23(7)43)21(5)31(45)20(4)30(17)44/h11-17,19-21,25,30-31,35,40,44-48H,1-10H3,(H,42,50)/t17-,19-,20+,21+,25-,30+,31+,35-,39-/m0/s1. The summed E-state index contributed by atoms with van der Waals surface area (Å²) in [5.41, 5.74) is 2.05. The van der Waals surface area contributed by atoms with Gasteiger partial charge in [0.1, 0.15) is 23.4 Å². The molecule has 7 N–H and O–H groups in total. The summed E-state index contributed by atoms with van der Waals surface area (Å²) in [6.45, 7) is 12.4. The molecule has 2 aromatic rings. The zero-order valence-electron chi connectivity index (χ0n) is 32.1. The Morgan fingerprint density at radius 1 is 0.981 bits per heavy atom. The molecule has 15 heteroatoms. The normalized spacial score (nSPS) is 29.6. The maximum Gasteiger partial charge on any atom is 0.312 e. The molecule has 3 aliphatic rings. The number of amides is 1. The second-order valence-electron chi connectivity index (χ2n) is 14.1. The van der Waals surface area contributed by atoms with E-state index in [-0.39, 0.29) is 44.5 Å². The van der Waals surface area contributed by atoms with Gasteiger partial charge in [0, 0.05) is 68.2 Å². The second kappa shape index (κ2) is 16.5. The van der Waals surface area contributed by atoms with Crippen molar-refractivity contribution in [3.8, 4) is 23.0 Å². The first kappa shape index (κ1) is 41.6. The number of carbonyl (C=O) groups excluding carboxylic acids is 3. The number of carbonyl (C=O) groups is 3. The minimum atomic E-state index is -2.04. The summed E-state index contributed by atoms with van der Waals surface area (Å²) in [4.78, 5) is 39.9. The molecule has 294 valence electrons. The van der Waals surface area contributed by atoms with E-state index in [4.69, 9.17) is 18.9 Å². The molecule has 0 aliphatic carbocycles. The molecule has 0 fully saturated rings. The topological polar surface area (TPSA) is 226 Å². The molecule has 0 aromatic heterocycles. The van der Waals surface area contributed by atoms with Crippen molar-refractivity contribution in [3.63, 3.8) is 0 Å². The fourth-order valence-corrected chi connectivity index (χ4v) is 7.00. The van der Waals surface area contributed by atoms with Gasteiger partial charge in [0.15, 0.2) is 5.75 Å². The van der Waals surface area contributed by atoms with Gasteiger partial charge in [-0.05, 0) is 19.9 Å². The van der Waals surface area contributed by atoms with Crippen LogP contribution in [0.15, 0.2) is 41.2 Å². The fraction of sp³-hybridized carbons (Fsp3) is 0.487. The number of phenolic OH excluding ortho intramolecular Hbond substituents is 3. The highest BCUT2D eigenvalue weighted by molar-refractivity contribution is 6.23.